The van der Waals surface area contributed by atoms with E-state index < -0.39 is 18.7 Å². The van der Waals surface area contributed by atoms with Crippen molar-refractivity contribution in [3.05, 3.63) is 89.0 Å². The van der Waals surface area contributed by atoms with Crippen LogP contribution in [0, 0.1) is 18.3 Å². The molecule has 3 atom stereocenters. The van der Waals surface area contributed by atoms with Gasteiger partial charge in [-0.2, -0.15) is 18.4 Å². The highest BCUT2D eigenvalue weighted by Gasteiger charge is 2.53. The van der Waals surface area contributed by atoms with E-state index >= 15 is 0 Å². The maximum Gasteiger partial charge on any atom is 0.393 e. The van der Waals surface area contributed by atoms with Gasteiger partial charge in [-0.15, -0.1) is 11.3 Å². The fourth-order valence-corrected chi connectivity index (χ4v) is 7.96. The number of nitriles is 1. The average molecular weight is 687 g/mol. The highest BCUT2D eigenvalue weighted by molar-refractivity contribution is 7.18. The first-order chi connectivity index (χ1) is 23.5. The normalized spacial score (nSPS) is 20.0. The number of pyridine rings is 1. The largest absolute Gasteiger partial charge is 0.393 e. The Hall–Kier alpha value is -4.84. The van der Waals surface area contributed by atoms with Crippen LogP contribution in [0.3, 0.4) is 0 Å². The lowest BCUT2D eigenvalue weighted by Crippen LogP contribution is -2.39. The van der Waals surface area contributed by atoms with E-state index in [0.29, 0.717) is 27.4 Å². The SMILES string of the molecule is C=CC(=O)Nc1cncc(C2C(O)C2n2c(C#N)cc3c(C)c(CN4CCC(Nc5ncnc6sc(CC(F)(F)F)cc56)CC4)ccc32)c1. The monoisotopic (exact) mass is 686 g/mol. The number of piperidine rings is 1. The summed E-state index contributed by atoms with van der Waals surface area (Å²) in [6.07, 6.45) is 1.48. The molecule has 14 heteroatoms. The predicted molar refractivity (Wildman–Crippen MR) is 181 cm³/mol. The highest BCUT2D eigenvalue weighted by Crippen LogP contribution is 2.53. The van der Waals surface area contributed by atoms with Gasteiger partial charge in [-0.1, -0.05) is 12.6 Å². The number of carbonyl (C=O) groups is 1. The number of alkyl halides is 3. The Morgan fingerprint density at radius 1 is 1.18 bits per heavy atom. The van der Waals surface area contributed by atoms with E-state index in [1.165, 1.54) is 18.6 Å². The fourth-order valence-electron chi connectivity index (χ4n) is 6.93. The number of rotatable bonds is 9. The summed E-state index contributed by atoms with van der Waals surface area (Å²) in [7, 11) is 0. The van der Waals surface area contributed by atoms with Crippen LogP contribution in [0.4, 0.5) is 24.7 Å². The summed E-state index contributed by atoms with van der Waals surface area (Å²) in [4.78, 5) is 27.7. The fraction of sp³-hybridized carbons (Fsp3) is 0.343. The molecule has 0 bridgehead atoms. The molecule has 49 heavy (non-hydrogen) atoms. The van der Waals surface area contributed by atoms with Crippen molar-refractivity contribution in [1.29, 1.82) is 5.26 Å². The van der Waals surface area contributed by atoms with Crippen LogP contribution >= 0.6 is 11.3 Å². The molecule has 1 saturated heterocycles. The van der Waals surface area contributed by atoms with Crippen LogP contribution in [0.1, 0.15) is 52.1 Å². The first kappa shape index (κ1) is 32.7. The van der Waals surface area contributed by atoms with E-state index in [0.717, 1.165) is 71.4 Å². The highest BCUT2D eigenvalue weighted by atomic mass is 32.1. The number of likely N-dealkylation sites (tertiary alicyclic amines) is 1. The van der Waals surface area contributed by atoms with Crippen molar-refractivity contribution >= 4 is 49.9 Å². The lowest BCUT2D eigenvalue weighted by Gasteiger charge is -2.33. The second-order valence-electron chi connectivity index (χ2n) is 12.6. The number of aromatic nitrogens is 4. The third kappa shape index (κ3) is 6.61. The molecule has 5 heterocycles. The molecule has 10 nitrogen and oxygen atoms in total. The molecule has 252 valence electrons. The standard InChI is InChI=1S/C35H33F3N8O2S/c1-3-29(47)43-23-10-21(15-40-16-23)30-31(32(30)48)46-24(14-39)11-26-19(2)20(4-5-28(26)46)17-45-8-6-22(7-9-45)44-33-27-12-25(13-35(36,37)38)49-34(27)42-18-41-33/h3-5,10-12,15-16,18,22,30-32,48H,1,6-9,13,17H2,2H3,(H,43,47)(H,41,42,44). The van der Waals surface area contributed by atoms with Crippen molar-refractivity contribution in [3.8, 4) is 6.07 Å². The van der Waals surface area contributed by atoms with E-state index in [9.17, 15) is 28.3 Å². The molecule has 1 saturated carbocycles. The average Bonchev–Trinajstić information content (AvgIpc) is 3.36. The van der Waals surface area contributed by atoms with E-state index in [2.05, 4.69) is 56.1 Å². The number of halogens is 3. The van der Waals surface area contributed by atoms with Crippen LogP contribution < -0.4 is 10.6 Å². The smallest absolute Gasteiger partial charge is 0.390 e. The molecular weight excluding hydrogens is 654 g/mol. The first-order valence-corrected chi connectivity index (χ1v) is 16.7. The number of hydrogen-bond donors (Lipinski definition) is 3. The number of aliphatic hydroxyl groups is 1. The zero-order valence-electron chi connectivity index (χ0n) is 26.5. The van der Waals surface area contributed by atoms with E-state index in [1.54, 1.807) is 18.3 Å². The molecule has 3 unspecified atom stereocenters. The van der Waals surface area contributed by atoms with Crippen LogP contribution in [-0.2, 0) is 17.8 Å². The zero-order chi connectivity index (χ0) is 34.4. The Labute approximate surface area is 283 Å². The van der Waals surface area contributed by atoms with Gasteiger partial charge in [0.25, 0.3) is 0 Å². The van der Waals surface area contributed by atoms with Crippen LogP contribution in [0.5, 0.6) is 0 Å². The molecule has 4 aromatic heterocycles. The zero-order valence-corrected chi connectivity index (χ0v) is 27.4. The Kier molecular flexibility index (Phi) is 8.60. The summed E-state index contributed by atoms with van der Waals surface area (Å²) in [5.74, 6) is -0.0714. The minimum absolute atomic E-state index is 0.128. The summed E-state index contributed by atoms with van der Waals surface area (Å²) in [5, 5.41) is 28.8. The third-order valence-corrected chi connectivity index (χ3v) is 10.5. The minimum atomic E-state index is -4.28. The quantitative estimate of drug-likeness (QED) is 0.156. The van der Waals surface area contributed by atoms with Crippen LogP contribution in [0.15, 0.2) is 61.7 Å². The van der Waals surface area contributed by atoms with Gasteiger partial charge in [-0.3, -0.25) is 14.7 Å². The number of aliphatic hydroxyl groups excluding tert-OH is 1. The number of carbonyl (C=O) groups excluding carboxylic acids is 1. The number of nitrogens with zero attached hydrogens (tertiary/aromatic N) is 6. The van der Waals surface area contributed by atoms with Crippen molar-refractivity contribution in [2.24, 2.45) is 0 Å². The van der Waals surface area contributed by atoms with Gasteiger partial charge >= 0.3 is 6.18 Å². The number of nitrogens with one attached hydrogen (secondary N) is 2. The van der Waals surface area contributed by atoms with Crippen molar-refractivity contribution in [3.63, 3.8) is 0 Å². The van der Waals surface area contributed by atoms with E-state index in [-0.39, 0.29) is 28.8 Å². The van der Waals surface area contributed by atoms with Crippen molar-refractivity contribution < 1.29 is 23.1 Å². The van der Waals surface area contributed by atoms with Crippen molar-refractivity contribution in [1.82, 2.24) is 24.4 Å². The van der Waals surface area contributed by atoms with Crippen molar-refractivity contribution in [2.45, 2.75) is 63.0 Å². The van der Waals surface area contributed by atoms with Gasteiger partial charge in [0.2, 0.25) is 5.91 Å². The number of aryl methyl sites for hydroxylation is 1. The molecule has 3 N–H and O–H groups in total. The van der Waals surface area contributed by atoms with Crippen molar-refractivity contribution in [2.75, 3.05) is 23.7 Å². The second kappa shape index (κ2) is 12.9. The van der Waals surface area contributed by atoms with Crippen LogP contribution in [0.2, 0.25) is 0 Å². The third-order valence-electron chi connectivity index (χ3n) is 9.44. The van der Waals surface area contributed by atoms with Gasteiger partial charge in [0.05, 0.1) is 35.8 Å². The van der Waals surface area contributed by atoms with Gasteiger partial charge in [-0.05, 0) is 66.8 Å². The molecule has 2 aliphatic rings. The maximum atomic E-state index is 13.0. The molecule has 2 fully saturated rings. The van der Waals surface area contributed by atoms with E-state index in [4.69, 9.17) is 0 Å². The maximum absolute atomic E-state index is 13.0. The molecular formula is C35H33F3N8O2S. The number of benzene rings is 1. The van der Waals surface area contributed by atoms with Crippen LogP contribution in [0.25, 0.3) is 21.1 Å². The van der Waals surface area contributed by atoms with Crippen LogP contribution in [-0.4, -0.2) is 66.8 Å². The Bertz CT molecular complexity index is 2110. The van der Waals surface area contributed by atoms with E-state index in [1.807, 2.05) is 16.7 Å². The molecule has 1 aliphatic carbocycles. The summed E-state index contributed by atoms with van der Waals surface area (Å²) in [5.41, 5.74) is 4.84. The molecule has 0 spiro atoms. The lowest BCUT2D eigenvalue weighted by molar-refractivity contribution is -0.126. The Balaban J connectivity index is 1.03. The number of amides is 1. The topological polar surface area (TPSA) is 132 Å². The molecule has 1 aliphatic heterocycles. The molecule has 0 radical (unpaired) electrons. The summed E-state index contributed by atoms with van der Waals surface area (Å²) in [6.45, 7) is 7.91. The summed E-state index contributed by atoms with van der Waals surface area (Å²) in [6, 6.07) is 11.4. The second-order valence-corrected chi connectivity index (χ2v) is 13.8. The van der Waals surface area contributed by atoms with Gasteiger partial charge < -0.3 is 20.3 Å². The van der Waals surface area contributed by atoms with Gasteiger partial charge in [0.1, 0.15) is 28.7 Å². The summed E-state index contributed by atoms with van der Waals surface area (Å²) < 4.78 is 40.8. The number of hydrogen-bond acceptors (Lipinski definition) is 9. The molecule has 1 aromatic carbocycles. The first-order valence-electron chi connectivity index (χ1n) is 15.9. The van der Waals surface area contributed by atoms with Gasteiger partial charge in [0.15, 0.2) is 0 Å². The Morgan fingerprint density at radius 3 is 2.71 bits per heavy atom. The molecule has 1 amide bonds. The minimum Gasteiger partial charge on any atom is -0.390 e. The lowest BCUT2D eigenvalue weighted by atomic mass is 10.0. The number of thiophene rings is 1. The number of anilines is 2. The van der Waals surface area contributed by atoms with Gasteiger partial charge in [0, 0.05) is 53.6 Å². The predicted octanol–water partition coefficient (Wildman–Crippen LogP) is 6.23. The molecule has 7 rings (SSSR count). The summed E-state index contributed by atoms with van der Waals surface area (Å²) >= 11 is 1.05. The molecule has 5 aromatic rings. The number of fused-ring (bicyclic) bond motifs is 2. The Morgan fingerprint density at radius 2 is 1.98 bits per heavy atom. The van der Waals surface area contributed by atoms with Gasteiger partial charge in [-0.25, -0.2) is 9.97 Å².